The van der Waals surface area contributed by atoms with Crippen LogP contribution in [0, 0.1) is 0 Å². The lowest BCUT2D eigenvalue weighted by atomic mass is 10.4. The predicted octanol–water partition coefficient (Wildman–Crippen LogP) is 0.295. The van der Waals surface area contributed by atoms with Crippen molar-refractivity contribution in [2.75, 3.05) is 39.5 Å². The first-order valence-corrected chi connectivity index (χ1v) is 10.0. The number of aromatic nitrogens is 3. The zero-order valence-electron chi connectivity index (χ0n) is 15.4. The first-order valence-electron chi connectivity index (χ1n) is 8.18. The van der Waals surface area contributed by atoms with E-state index in [4.69, 9.17) is 0 Å². The Hall–Kier alpha value is -0.950. The number of aliphatic imine (C=N–C) groups is 1. The Balaban J connectivity index is 0.00000576. The minimum atomic E-state index is -3.12. The third-order valence-corrected chi connectivity index (χ3v) is 4.96. The Bertz CT molecular complexity index is 618. The van der Waals surface area contributed by atoms with Gasteiger partial charge in [-0.2, -0.15) is 0 Å². The number of aryl methyl sites for hydroxylation is 1. The zero-order valence-corrected chi connectivity index (χ0v) is 18.5. The largest absolute Gasteiger partial charge is 0.356 e. The van der Waals surface area contributed by atoms with Gasteiger partial charge in [0.25, 0.3) is 0 Å². The van der Waals surface area contributed by atoms with E-state index in [2.05, 4.69) is 25.8 Å². The maximum Gasteiger partial charge on any atom is 0.211 e. The molecule has 0 amide bonds. The van der Waals surface area contributed by atoms with E-state index < -0.39 is 10.0 Å². The van der Waals surface area contributed by atoms with Crippen LogP contribution in [0.25, 0.3) is 0 Å². The molecule has 0 saturated carbocycles. The SMILES string of the molecule is CCc1nncn1CCNC(=NC)NCCCN(CC)S(C)(=O)=O.I. The van der Waals surface area contributed by atoms with Gasteiger partial charge in [0.1, 0.15) is 12.2 Å². The number of halogens is 1. The van der Waals surface area contributed by atoms with E-state index in [1.165, 1.54) is 10.6 Å². The molecule has 0 fully saturated rings. The second-order valence-corrected chi connectivity index (χ2v) is 7.31. The summed E-state index contributed by atoms with van der Waals surface area (Å²) in [4.78, 5) is 4.16. The van der Waals surface area contributed by atoms with E-state index in [0.29, 0.717) is 38.6 Å². The number of hydrogen-bond acceptors (Lipinski definition) is 5. The first-order chi connectivity index (χ1) is 11.4. The van der Waals surface area contributed by atoms with Crippen LogP contribution in [0.2, 0.25) is 0 Å². The molecule has 11 heteroatoms. The summed E-state index contributed by atoms with van der Waals surface area (Å²) in [6, 6.07) is 0. The molecule has 0 saturated heterocycles. The average Bonchev–Trinajstić information content (AvgIpc) is 2.99. The molecule has 0 aromatic carbocycles. The maximum atomic E-state index is 11.5. The molecule has 0 atom stereocenters. The van der Waals surface area contributed by atoms with Crippen molar-refractivity contribution in [1.82, 2.24) is 29.7 Å². The van der Waals surface area contributed by atoms with Gasteiger partial charge < -0.3 is 15.2 Å². The molecule has 1 rings (SSSR count). The summed E-state index contributed by atoms with van der Waals surface area (Å²) >= 11 is 0. The normalized spacial score (nSPS) is 12.1. The van der Waals surface area contributed by atoms with Crippen molar-refractivity contribution >= 4 is 40.0 Å². The van der Waals surface area contributed by atoms with E-state index in [1.807, 2.05) is 18.4 Å². The predicted molar refractivity (Wildman–Crippen MR) is 111 cm³/mol. The highest BCUT2D eigenvalue weighted by atomic mass is 127. The number of guanidine groups is 1. The van der Waals surface area contributed by atoms with Crippen LogP contribution in [0.4, 0.5) is 0 Å². The van der Waals surface area contributed by atoms with Crippen LogP contribution in [-0.2, 0) is 23.0 Å². The van der Waals surface area contributed by atoms with Crippen molar-refractivity contribution in [3.05, 3.63) is 12.2 Å². The fourth-order valence-corrected chi connectivity index (χ4v) is 3.21. The lowest BCUT2D eigenvalue weighted by Crippen LogP contribution is -2.40. The zero-order chi connectivity index (χ0) is 18.0. The van der Waals surface area contributed by atoms with Crippen molar-refractivity contribution in [1.29, 1.82) is 0 Å². The van der Waals surface area contributed by atoms with Crippen LogP contribution in [0.5, 0.6) is 0 Å². The van der Waals surface area contributed by atoms with Gasteiger partial charge in [-0.25, -0.2) is 12.7 Å². The van der Waals surface area contributed by atoms with Gasteiger partial charge in [-0.15, -0.1) is 34.2 Å². The van der Waals surface area contributed by atoms with Gasteiger partial charge in [0.2, 0.25) is 10.0 Å². The molecule has 0 aliphatic rings. The van der Waals surface area contributed by atoms with Crippen molar-refractivity contribution in [3.8, 4) is 0 Å². The van der Waals surface area contributed by atoms with Crippen molar-refractivity contribution in [2.45, 2.75) is 33.2 Å². The fraction of sp³-hybridized carbons (Fsp3) is 0.786. The van der Waals surface area contributed by atoms with Crippen LogP contribution in [0.15, 0.2) is 11.3 Å². The monoisotopic (exact) mass is 487 g/mol. The Kier molecular flexibility index (Phi) is 11.9. The Labute approximate surface area is 167 Å². The number of rotatable bonds is 10. The van der Waals surface area contributed by atoms with E-state index in [0.717, 1.165) is 18.8 Å². The summed E-state index contributed by atoms with van der Waals surface area (Å²) in [5.41, 5.74) is 0. The lowest BCUT2D eigenvalue weighted by molar-refractivity contribution is 0.424. The van der Waals surface area contributed by atoms with Gasteiger partial charge >= 0.3 is 0 Å². The van der Waals surface area contributed by atoms with Crippen LogP contribution in [0.3, 0.4) is 0 Å². The van der Waals surface area contributed by atoms with Crippen LogP contribution < -0.4 is 10.6 Å². The van der Waals surface area contributed by atoms with Crippen molar-refractivity contribution in [3.63, 3.8) is 0 Å². The molecule has 0 spiro atoms. The first kappa shape index (κ1) is 24.1. The van der Waals surface area contributed by atoms with E-state index >= 15 is 0 Å². The molecular weight excluding hydrogens is 457 g/mol. The highest BCUT2D eigenvalue weighted by Crippen LogP contribution is 1.98. The summed E-state index contributed by atoms with van der Waals surface area (Å²) in [5.74, 6) is 1.66. The van der Waals surface area contributed by atoms with Crippen LogP contribution in [0.1, 0.15) is 26.1 Å². The van der Waals surface area contributed by atoms with E-state index in [9.17, 15) is 8.42 Å². The Morgan fingerprint density at radius 1 is 1.32 bits per heavy atom. The summed E-state index contributed by atoms with van der Waals surface area (Å²) in [6.45, 7) is 6.99. The number of nitrogens with zero attached hydrogens (tertiary/aromatic N) is 5. The third-order valence-electron chi connectivity index (χ3n) is 3.58. The van der Waals surface area contributed by atoms with Crippen molar-refractivity contribution < 1.29 is 8.42 Å². The molecule has 1 aromatic heterocycles. The highest BCUT2D eigenvalue weighted by Gasteiger charge is 2.13. The molecular formula is C14H30IN7O2S. The average molecular weight is 487 g/mol. The van der Waals surface area contributed by atoms with Gasteiger partial charge in [0, 0.05) is 46.2 Å². The van der Waals surface area contributed by atoms with Crippen LogP contribution in [-0.4, -0.2) is 72.9 Å². The summed E-state index contributed by atoms with van der Waals surface area (Å²) < 4.78 is 26.5. The number of sulfonamides is 1. The molecule has 9 nitrogen and oxygen atoms in total. The number of nitrogens with one attached hydrogen (secondary N) is 2. The summed E-state index contributed by atoms with van der Waals surface area (Å²) in [6.07, 6.45) is 4.52. The van der Waals surface area contributed by atoms with E-state index in [-0.39, 0.29) is 24.0 Å². The molecule has 1 aromatic rings. The Morgan fingerprint density at radius 2 is 2.00 bits per heavy atom. The van der Waals surface area contributed by atoms with Gasteiger partial charge in [0.15, 0.2) is 5.96 Å². The van der Waals surface area contributed by atoms with Crippen molar-refractivity contribution in [2.24, 2.45) is 4.99 Å². The summed E-state index contributed by atoms with van der Waals surface area (Å²) in [7, 11) is -1.41. The molecule has 1 heterocycles. The molecule has 25 heavy (non-hydrogen) atoms. The summed E-state index contributed by atoms with van der Waals surface area (Å²) in [5, 5.41) is 14.4. The number of hydrogen-bond donors (Lipinski definition) is 2. The second kappa shape index (κ2) is 12.4. The van der Waals surface area contributed by atoms with Gasteiger partial charge in [-0.1, -0.05) is 13.8 Å². The minimum absolute atomic E-state index is 0. The fourth-order valence-electron chi connectivity index (χ4n) is 2.28. The topological polar surface area (TPSA) is 105 Å². The third kappa shape index (κ3) is 8.81. The van der Waals surface area contributed by atoms with Gasteiger partial charge in [-0.3, -0.25) is 4.99 Å². The molecule has 0 unspecified atom stereocenters. The highest BCUT2D eigenvalue weighted by molar-refractivity contribution is 14.0. The second-order valence-electron chi connectivity index (χ2n) is 5.33. The molecule has 0 radical (unpaired) electrons. The minimum Gasteiger partial charge on any atom is -0.356 e. The molecule has 146 valence electrons. The van der Waals surface area contributed by atoms with E-state index in [1.54, 1.807) is 13.4 Å². The van der Waals surface area contributed by atoms with Gasteiger partial charge in [0.05, 0.1) is 6.26 Å². The lowest BCUT2D eigenvalue weighted by Gasteiger charge is -2.18. The quantitative estimate of drug-likeness (QED) is 0.213. The maximum absolute atomic E-state index is 11.5. The molecule has 0 aliphatic heterocycles. The Morgan fingerprint density at radius 3 is 2.56 bits per heavy atom. The molecule has 0 aliphatic carbocycles. The molecule has 2 N–H and O–H groups in total. The van der Waals surface area contributed by atoms with Crippen LogP contribution >= 0.6 is 24.0 Å². The molecule has 0 bridgehead atoms. The van der Waals surface area contributed by atoms with Gasteiger partial charge in [-0.05, 0) is 6.42 Å². The smallest absolute Gasteiger partial charge is 0.211 e. The standard InChI is InChI=1S/C14H29N7O2S.HI/c1-5-13-19-18-12-20(13)11-9-17-14(15-3)16-8-7-10-21(6-2)24(4,22)23;/h12H,5-11H2,1-4H3,(H2,15,16,17);1H.